The average molecular weight is 185 g/mol. The molecule has 0 atom stereocenters. The lowest BCUT2D eigenvalue weighted by molar-refractivity contribution is 0.0903. The van der Waals surface area contributed by atoms with Crippen molar-refractivity contribution in [1.82, 2.24) is 0 Å². The van der Waals surface area contributed by atoms with Crippen molar-refractivity contribution in [2.75, 3.05) is 6.61 Å². The van der Waals surface area contributed by atoms with Gasteiger partial charge in [-0.25, -0.2) is 0 Å². The largest absolute Gasteiger partial charge is 0.388 e. The van der Waals surface area contributed by atoms with E-state index in [-0.39, 0.29) is 5.78 Å². The lowest BCUT2D eigenvalue weighted by Crippen LogP contribution is -2.04. The van der Waals surface area contributed by atoms with Crippen molar-refractivity contribution in [3.8, 4) is 0 Å². The van der Waals surface area contributed by atoms with Crippen LogP contribution in [0.4, 0.5) is 0 Å². The summed E-state index contributed by atoms with van der Waals surface area (Å²) in [6, 6.07) is 4.93. The van der Waals surface area contributed by atoms with Crippen LogP contribution in [0.2, 0.25) is 5.02 Å². The lowest BCUT2D eigenvalue weighted by atomic mass is 10.1. The maximum absolute atomic E-state index is 11.0. The summed E-state index contributed by atoms with van der Waals surface area (Å²) in [4.78, 5) is 11.0. The first-order valence-corrected chi connectivity index (χ1v) is 3.93. The number of rotatable bonds is 2. The molecule has 0 aliphatic heterocycles. The minimum Gasteiger partial charge on any atom is -0.388 e. The van der Waals surface area contributed by atoms with Gasteiger partial charge in [0.1, 0.15) is 6.61 Å². The monoisotopic (exact) mass is 184 g/mol. The summed E-state index contributed by atoms with van der Waals surface area (Å²) in [5.41, 5.74) is 1.34. The number of hydrogen-bond acceptors (Lipinski definition) is 2. The van der Waals surface area contributed by atoms with Gasteiger partial charge in [0.05, 0.1) is 0 Å². The molecular weight excluding hydrogens is 176 g/mol. The number of Topliss-reactive ketones (excluding diaryl/α,β-unsaturated/α-hetero) is 1. The van der Waals surface area contributed by atoms with E-state index in [0.29, 0.717) is 10.6 Å². The number of carbonyl (C=O) groups excluding carboxylic acids is 1. The minimum atomic E-state index is -0.457. The quantitative estimate of drug-likeness (QED) is 0.712. The first kappa shape index (κ1) is 9.23. The Morgan fingerprint density at radius 2 is 2.25 bits per heavy atom. The SMILES string of the molecule is Cc1cc(C(=O)CO)ccc1Cl. The van der Waals surface area contributed by atoms with Gasteiger partial charge >= 0.3 is 0 Å². The molecule has 1 aromatic carbocycles. The third-order valence-corrected chi connectivity index (χ3v) is 2.05. The lowest BCUT2D eigenvalue weighted by Gasteiger charge is -2.00. The van der Waals surface area contributed by atoms with E-state index >= 15 is 0 Å². The number of benzene rings is 1. The topological polar surface area (TPSA) is 37.3 Å². The van der Waals surface area contributed by atoms with Crippen LogP contribution in [0.3, 0.4) is 0 Å². The molecule has 0 aliphatic rings. The fraction of sp³-hybridized carbons (Fsp3) is 0.222. The first-order chi connectivity index (χ1) is 5.65. The zero-order chi connectivity index (χ0) is 9.14. The maximum Gasteiger partial charge on any atom is 0.188 e. The van der Waals surface area contributed by atoms with Gasteiger partial charge < -0.3 is 5.11 Å². The van der Waals surface area contributed by atoms with Gasteiger partial charge in [-0.1, -0.05) is 11.6 Å². The van der Waals surface area contributed by atoms with Crippen LogP contribution in [0.15, 0.2) is 18.2 Å². The number of halogens is 1. The van der Waals surface area contributed by atoms with Gasteiger partial charge in [0, 0.05) is 10.6 Å². The van der Waals surface area contributed by atoms with Crippen LogP contribution in [0.1, 0.15) is 15.9 Å². The highest BCUT2D eigenvalue weighted by Crippen LogP contribution is 2.16. The normalized spacial score (nSPS) is 9.92. The number of carbonyl (C=O) groups is 1. The third-order valence-electron chi connectivity index (χ3n) is 1.62. The van der Waals surface area contributed by atoms with Gasteiger partial charge in [-0.2, -0.15) is 0 Å². The summed E-state index contributed by atoms with van der Waals surface area (Å²) in [6.07, 6.45) is 0. The van der Waals surface area contributed by atoms with Crippen molar-refractivity contribution in [3.63, 3.8) is 0 Å². The minimum absolute atomic E-state index is 0.283. The average Bonchev–Trinajstić information content (AvgIpc) is 2.08. The first-order valence-electron chi connectivity index (χ1n) is 3.55. The number of aliphatic hydroxyl groups is 1. The zero-order valence-electron chi connectivity index (χ0n) is 6.67. The van der Waals surface area contributed by atoms with Gasteiger partial charge in [-0.15, -0.1) is 0 Å². The molecule has 12 heavy (non-hydrogen) atoms. The second kappa shape index (κ2) is 3.70. The summed E-state index contributed by atoms with van der Waals surface area (Å²) >= 11 is 5.75. The highest BCUT2D eigenvalue weighted by molar-refractivity contribution is 6.31. The number of ketones is 1. The van der Waals surface area contributed by atoms with Gasteiger partial charge in [0.15, 0.2) is 5.78 Å². The van der Waals surface area contributed by atoms with Crippen molar-refractivity contribution in [2.24, 2.45) is 0 Å². The molecule has 0 spiro atoms. The fourth-order valence-electron chi connectivity index (χ4n) is 0.909. The van der Waals surface area contributed by atoms with Crippen LogP contribution in [0.25, 0.3) is 0 Å². The van der Waals surface area contributed by atoms with Gasteiger partial charge in [-0.3, -0.25) is 4.79 Å². The molecule has 0 heterocycles. The smallest absolute Gasteiger partial charge is 0.188 e. The molecule has 1 aromatic rings. The Bertz CT molecular complexity index is 307. The molecule has 2 nitrogen and oxygen atoms in total. The van der Waals surface area contributed by atoms with Crippen LogP contribution in [-0.2, 0) is 0 Å². The molecule has 0 aliphatic carbocycles. The predicted octanol–water partition coefficient (Wildman–Crippen LogP) is 1.82. The van der Waals surface area contributed by atoms with Crippen LogP contribution in [-0.4, -0.2) is 17.5 Å². The van der Waals surface area contributed by atoms with Gasteiger partial charge in [0.2, 0.25) is 0 Å². The Kier molecular flexibility index (Phi) is 2.84. The fourth-order valence-corrected chi connectivity index (χ4v) is 1.03. The number of aliphatic hydroxyl groups excluding tert-OH is 1. The Labute approximate surface area is 75.8 Å². The molecule has 0 saturated heterocycles. The molecule has 0 fully saturated rings. The highest BCUT2D eigenvalue weighted by atomic mass is 35.5. The van der Waals surface area contributed by atoms with E-state index in [0.717, 1.165) is 5.56 Å². The molecular formula is C9H9ClO2. The van der Waals surface area contributed by atoms with Gasteiger partial charge in [-0.05, 0) is 30.7 Å². The second-order valence-corrected chi connectivity index (χ2v) is 2.95. The summed E-state index contributed by atoms with van der Waals surface area (Å²) in [5.74, 6) is -0.283. The summed E-state index contributed by atoms with van der Waals surface area (Å²) < 4.78 is 0. The van der Waals surface area contributed by atoms with Crippen molar-refractivity contribution in [2.45, 2.75) is 6.92 Å². The molecule has 1 rings (SSSR count). The van der Waals surface area contributed by atoms with E-state index in [1.807, 2.05) is 6.92 Å². The molecule has 0 radical (unpaired) electrons. The van der Waals surface area contributed by atoms with Gasteiger partial charge in [0.25, 0.3) is 0 Å². The molecule has 0 amide bonds. The molecule has 0 bridgehead atoms. The Balaban J connectivity index is 3.05. The third kappa shape index (κ3) is 1.84. The Morgan fingerprint density at radius 3 is 2.75 bits per heavy atom. The summed E-state index contributed by atoms with van der Waals surface area (Å²) in [6.45, 7) is 1.36. The Hall–Kier alpha value is -0.860. The van der Waals surface area contributed by atoms with Crippen molar-refractivity contribution >= 4 is 17.4 Å². The standard InChI is InChI=1S/C9H9ClO2/c1-6-4-7(9(12)5-11)2-3-8(6)10/h2-4,11H,5H2,1H3. The van der Waals surface area contributed by atoms with E-state index in [2.05, 4.69) is 0 Å². The number of hydrogen-bond donors (Lipinski definition) is 1. The van der Waals surface area contributed by atoms with Crippen LogP contribution < -0.4 is 0 Å². The van der Waals surface area contributed by atoms with E-state index in [9.17, 15) is 4.79 Å². The van der Waals surface area contributed by atoms with E-state index < -0.39 is 6.61 Å². The molecule has 0 aromatic heterocycles. The molecule has 3 heteroatoms. The van der Waals surface area contributed by atoms with Crippen LogP contribution in [0.5, 0.6) is 0 Å². The molecule has 64 valence electrons. The number of aryl methyl sites for hydroxylation is 1. The van der Waals surface area contributed by atoms with Crippen molar-refractivity contribution in [3.05, 3.63) is 34.3 Å². The summed E-state index contributed by atoms with van der Waals surface area (Å²) in [7, 11) is 0. The van der Waals surface area contributed by atoms with Crippen molar-refractivity contribution in [1.29, 1.82) is 0 Å². The predicted molar refractivity (Wildman–Crippen MR) is 47.6 cm³/mol. The zero-order valence-corrected chi connectivity index (χ0v) is 7.43. The molecule has 1 N–H and O–H groups in total. The van der Waals surface area contributed by atoms with E-state index in [1.54, 1.807) is 18.2 Å². The van der Waals surface area contributed by atoms with Crippen LogP contribution >= 0.6 is 11.6 Å². The van der Waals surface area contributed by atoms with E-state index in [4.69, 9.17) is 16.7 Å². The Morgan fingerprint density at radius 1 is 1.58 bits per heavy atom. The maximum atomic E-state index is 11.0. The second-order valence-electron chi connectivity index (χ2n) is 2.55. The van der Waals surface area contributed by atoms with Crippen LogP contribution in [0, 0.1) is 6.92 Å². The summed E-state index contributed by atoms with van der Waals surface area (Å²) in [5, 5.41) is 9.20. The highest BCUT2D eigenvalue weighted by Gasteiger charge is 2.04. The molecule has 0 saturated carbocycles. The van der Waals surface area contributed by atoms with E-state index in [1.165, 1.54) is 0 Å². The molecule has 0 unspecified atom stereocenters. The van der Waals surface area contributed by atoms with Crippen molar-refractivity contribution < 1.29 is 9.90 Å².